The van der Waals surface area contributed by atoms with Crippen molar-refractivity contribution >= 4 is 11.9 Å². The molecule has 0 radical (unpaired) electrons. The van der Waals surface area contributed by atoms with E-state index in [0.717, 1.165) is 30.6 Å². The van der Waals surface area contributed by atoms with Gasteiger partial charge < -0.3 is 10.2 Å². The van der Waals surface area contributed by atoms with E-state index in [-0.39, 0.29) is 23.2 Å². The zero-order valence-corrected chi connectivity index (χ0v) is 16.9. The number of amides is 1. The van der Waals surface area contributed by atoms with Crippen molar-refractivity contribution < 1.29 is 4.79 Å². The van der Waals surface area contributed by atoms with Crippen LogP contribution < -0.4 is 10.2 Å². The molecule has 1 aliphatic rings. The van der Waals surface area contributed by atoms with E-state index in [1.807, 2.05) is 36.3 Å². The summed E-state index contributed by atoms with van der Waals surface area (Å²) in [4.78, 5) is 27.9. The highest BCUT2D eigenvalue weighted by atomic mass is 16.2. The number of hydrogen-bond acceptors (Lipinski definition) is 6. The monoisotopic (exact) mass is 391 g/mol. The van der Waals surface area contributed by atoms with Crippen molar-refractivity contribution in [1.82, 2.24) is 30.5 Å². The van der Waals surface area contributed by atoms with Gasteiger partial charge in [0, 0.05) is 25.4 Å². The molecule has 1 amide bonds. The van der Waals surface area contributed by atoms with Crippen LogP contribution in [0.2, 0.25) is 0 Å². The highest BCUT2D eigenvalue weighted by molar-refractivity contribution is 5.90. The van der Waals surface area contributed by atoms with Gasteiger partial charge in [0.15, 0.2) is 0 Å². The zero-order valence-electron chi connectivity index (χ0n) is 16.9. The van der Waals surface area contributed by atoms with Crippen molar-refractivity contribution in [3.8, 4) is 0 Å². The molecule has 0 aliphatic heterocycles. The Bertz CT molecular complexity index is 986. The van der Waals surface area contributed by atoms with E-state index in [9.17, 15) is 4.79 Å². The Morgan fingerprint density at radius 3 is 2.79 bits per heavy atom. The number of benzene rings is 1. The van der Waals surface area contributed by atoms with Gasteiger partial charge >= 0.3 is 0 Å². The van der Waals surface area contributed by atoms with Crippen molar-refractivity contribution in [2.24, 2.45) is 5.41 Å². The lowest BCUT2D eigenvalue weighted by Gasteiger charge is -2.36. The van der Waals surface area contributed by atoms with Gasteiger partial charge in [-0.25, -0.2) is 15.0 Å². The van der Waals surface area contributed by atoms with Crippen molar-refractivity contribution in [1.29, 1.82) is 0 Å². The molecule has 4 rings (SSSR count). The number of carbonyl (C=O) groups excluding carboxylic acids is 1. The molecule has 8 heteroatoms. The van der Waals surface area contributed by atoms with Gasteiger partial charge in [0.2, 0.25) is 11.8 Å². The van der Waals surface area contributed by atoms with E-state index in [2.05, 4.69) is 51.5 Å². The highest BCUT2D eigenvalue weighted by Crippen LogP contribution is 2.40. The van der Waals surface area contributed by atoms with Gasteiger partial charge in [-0.1, -0.05) is 44.2 Å². The Kier molecular flexibility index (Phi) is 5.00. The van der Waals surface area contributed by atoms with Gasteiger partial charge in [-0.2, -0.15) is 5.10 Å². The van der Waals surface area contributed by atoms with E-state index >= 15 is 0 Å². The van der Waals surface area contributed by atoms with Crippen molar-refractivity contribution in [3.63, 3.8) is 0 Å². The number of fused-ring (bicyclic) bond motifs is 1. The van der Waals surface area contributed by atoms with Crippen LogP contribution in [0.1, 0.15) is 53.7 Å². The summed E-state index contributed by atoms with van der Waals surface area (Å²) in [5, 5.41) is 9.41. The van der Waals surface area contributed by atoms with Gasteiger partial charge in [0.25, 0.3) is 5.91 Å². The maximum Gasteiger partial charge on any atom is 0.289 e. The zero-order chi connectivity index (χ0) is 20.4. The minimum Gasteiger partial charge on any atom is -0.342 e. The summed E-state index contributed by atoms with van der Waals surface area (Å²) in [6, 6.07) is 10.1. The summed E-state index contributed by atoms with van der Waals surface area (Å²) < 4.78 is 0. The molecule has 8 nitrogen and oxygen atoms in total. The minimum absolute atomic E-state index is 0.00991. The van der Waals surface area contributed by atoms with Crippen LogP contribution in [0.15, 0.2) is 42.9 Å². The van der Waals surface area contributed by atoms with Crippen LogP contribution in [-0.2, 0) is 13.0 Å². The van der Waals surface area contributed by atoms with E-state index in [0.29, 0.717) is 5.95 Å². The summed E-state index contributed by atoms with van der Waals surface area (Å²) in [6.45, 7) is 5.12. The standard InChI is InChI=1S/C21H25N7O/c1-21(2)9-16(25-19(29)18-23-13-24-27-18)15-11-22-20(26-17(15)10-21)28(3)12-14-7-5-4-6-8-14/h4-8,11,13,16H,9-10,12H2,1-3H3,(H,25,29)(H,23,24,27)/t16-/m1/s1. The molecule has 2 N–H and O–H groups in total. The number of rotatable bonds is 5. The second-order valence-corrected chi connectivity index (χ2v) is 8.32. The number of hydrogen-bond donors (Lipinski definition) is 2. The first-order chi connectivity index (χ1) is 13.9. The molecule has 1 aromatic carbocycles. The van der Waals surface area contributed by atoms with E-state index in [4.69, 9.17) is 4.98 Å². The lowest BCUT2D eigenvalue weighted by atomic mass is 9.74. The maximum absolute atomic E-state index is 12.5. The first-order valence-electron chi connectivity index (χ1n) is 9.68. The Labute approximate surface area is 169 Å². The molecule has 0 unspecified atom stereocenters. The first kappa shape index (κ1) is 19.0. The van der Waals surface area contributed by atoms with Crippen molar-refractivity contribution in [2.45, 2.75) is 39.3 Å². The first-order valence-corrected chi connectivity index (χ1v) is 9.68. The molecular formula is C21H25N7O. The van der Waals surface area contributed by atoms with Crippen LogP contribution in [0, 0.1) is 5.41 Å². The second kappa shape index (κ2) is 7.62. The lowest BCUT2D eigenvalue weighted by Crippen LogP contribution is -2.38. The smallest absolute Gasteiger partial charge is 0.289 e. The number of anilines is 1. The topological polar surface area (TPSA) is 99.7 Å². The van der Waals surface area contributed by atoms with E-state index in [1.165, 1.54) is 11.9 Å². The number of aromatic nitrogens is 5. The summed E-state index contributed by atoms with van der Waals surface area (Å²) in [7, 11) is 1.99. The number of nitrogens with zero attached hydrogens (tertiary/aromatic N) is 5. The van der Waals surface area contributed by atoms with Gasteiger partial charge in [0.1, 0.15) is 6.33 Å². The number of carbonyl (C=O) groups is 1. The molecule has 0 spiro atoms. The fourth-order valence-corrected chi connectivity index (χ4v) is 3.82. The number of H-pyrrole nitrogens is 1. The van der Waals surface area contributed by atoms with Gasteiger partial charge in [-0.3, -0.25) is 9.89 Å². The fourth-order valence-electron chi connectivity index (χ4n) is 3.82. The number of aromatic amines is 1. The molecule has 0 saturated carbocycles. The molecule has 29 heavy (non-hydrogen) atoms. The molecular weight excluding hydrogens is 366 g/mol. The highest BCUT2D eigenvalue weighted by Gasteiger charge is 2.35. The van der Waals surface area contributed by atoms with E-state index < -0.39 is 0 Å². The molecule has 0 saturated heterocycles. The third-order valence-electron chi connectivity index (χ3n) is 5.20. The van der Waals surface area contributed by atoms with Crippen LogP contribution in [0.25, 0.3) is 0 Å². The maximum atomic E-state index is 12.5. The second-order valence-electron chi connectivity index (χ2n) is 8.32. The summed E-state index contributed by atoms with van der Waals surface area (Å²) in [5.74, 6) is 0.613. The Morgan fingerprint density at radius 1 is 1.28 bits per heavy atom. The number of nitrogens with one attached hydrogen (secondary N) is 2. The Morgan fingerprint density at radius 2 is 2.07 bits per heavy atom. The fraction of sp³-hybridized carbons (Fsp3) is 0.381. The molecule has 0 bridgehead atoms. The predicted octanol–water partition coefficient (Wildman–Crippen LogP) is 2.67. The van der Waals surface area contributed by atoms with Gasteiger partial charge in [-0.05, 0) is 23.8 Å². The summed E-state index contributed by atoms with van der Waals surface area (Å²) in [5.41, 5.74) is 3.16. The van der Waals surface area contributed by atoms with Gasteiger partial charge in [0.05, 0.1) is 11.7 Å². The summed E-state index contributed by atoms with van der Waals surface area (Å²) >= 11 is 0. The third kappa shape index (κ3) is 4.26. The van der Waals surface area contributed by atoms with Crippen LogP contribution in [-0.4, -0.2) is 38.1 Å². The van der Waals surface area contributed by atoms with Crippen molar-refractivity contribution in [2.75, 3.05) is 11.9 Å². The molecule has 2 aromatic heterocycles. The molecule has 1 atom stereocenters. The van der Waals surface area contributed by atoms with Crippen molar-refractivity contribution in [3.05, 3.63) is 65.5 Å². The lowest BCUT2D eigenvalue weighted by molar-refractivity contribution is 0.0908. The SMILES string of the molecule is CN(Cc1ccccc1)c1ncc2c(n1)CC(C)(C)C[C@H]2NC(=O)c1ncn[nH]1. The minimum atomic E-state index is -0.276. The Balaban J connectivity index is 1.57. The van der Waals surface area contributed by atoms with Crippen LogP contribution in [0.4, 0.5) is 5.95 Å². The Hall–Kier alpha value is -3.29. The summed E-state index contributed by atoms with van der Waals surface area (Å²) in [6.07, 6.45) is 4.82. The molecule has 150 valence electrons. The van der Waals surface area contributed by atoms with E-state index in [1.54, 1.807) is 0 Å². The molecule has 2 heterocycles. The van der Waals surface area contributed by atoms with Crippen LogP contribution in [0.3, 0.4) is 0 Å². The molecule has 3 aromatic rings. The average Bonchev–Trinajstić information content (AvgIpc) is 3.22. The molecule has 1 aliphatic carbocycles. The van der Waals surface area contributed by atoms with Crippen LogP contribution >= 0.6 is 0 Å². The normalized spacial score (nSPS) is 17.4. The van der Waals surface area contributed by atoms with Crippen LogP contribution in [0.5, 0.6) is 0 Å². The average molecular weight is 391 g/mol. The third-order valence-corrected chi connectivity index (χ3v) is 5.20. The molecule has 0 fully saturated rings. The predicted molar refractivity (Wildman–Crippen MR) is 109 cm³/mol. The van der Waals surface area contributed by atoms with Gasteiger partial charge in [-0.15, -0.1) is 0 Å². The largest absolute Gasteiger partial charge is 0.342 e. The quantitative estimate of drug-likeness (QED) is 0.694.